The van der Waals surface area contributed by atoms with Crippen LogP contribution in [0, 0.1) is 5.82 Å². The topological polar surface area (TPSA) is 104 Å². The van der Waals surface area contributed by atoms with Crippen molar-refractivity contribution in [1.29, 1.82) is 0 Å². The third-order valence-electron chi connectivity index (χ3n) is 6.08. The lowest BCUT2D eigenvalue weighted by molar-refractivity contribution is 0.101. The number of aromatic nitrogens is 5. The predicted molar refractivity (Wildman–Crippen MR) is 145 cm³/mol. The van der Waals surface area contributed by atoms with E-state index in [9.17, 15) is 14.0 Å². The molecule has 5 aromatic rings. The molecule has 2 aromatic carbocycles. The van der Waals surface area contributed by atoms with Crippen LogP contribution in [0.1, 0.15) is 30.4 Å². The second-order valence-electron chi connectivity index (χ2n) is 9.18. The number of amides is 1. The first kappa shape index (κ1) is 24.9. The van der Waals surface area contributed by atoms with E-state index in [1.165, 1.54) is 35.1 Å². The molecule has 0 saturated carbocycles. The van der Waals surface area contributed by atoms with Gasteiger partial charge in [-0.3, -0.25) is 19.0 Å². The zero-order chi connectivity index (χ0) is 27.0. The fourth-order valence-electron chi connectivity index (χ4n) is 3.97. The quantitative estimate of drug-likeness (QED) is 0.352. The van der Waals surface area contributed by atoms with Crippen molar-refractivity contribution in [3.05, 3.63) is 88.9 Å². The molecule has 5 rings (SSSR count). The molecule has 3 heterocycles. The van der Waals surface area contributed by atoms with Gasteiger partial charge < -0.3 is 10.1 Å². The molecule has 0 aliphatic carbocycles. The Hall–Kier alpha value is -4.80. The summed E-state index contributed by atoms with van der Waals surface area (Å²) in [7, 11) is 3.83. The molecule has 9 nitrogen and oxygen atoms in total. The SMILES string of the molecule is Bc1cc2c(cnn2C)cc1Oc1ccc(NC(=O)c2nn(C(C)C)cc(-c3ccc(F)cc3)c2=O)nc1. The van der Waals surface area contributed by atoms with Crippen LogP contribution in [0.4, 0.5) is 10.2 Å². The van der Waals surface area contributed by atoms with E-state index in [4.69, 9.17) is 4.74 Å². The number of carbonyl (C=O) groups excluding carboxylic acids is 1. The lowest BCUT2D eigenvalue weighted by Crippen LogP contribution is -2.28. The number of pyridine rings is 1. The first-order valence-electron chi connectivity index (χ1n) is 12.0. The lowest BCUT2D eigenvalue weighted by atomic mass is 9.94. The van der Waals surface area contributed by atoms with Crippen LogP contribution in [0.3, 0.4) is 0 Å². The van der Waals surface area contributed by atoms with E-state index < -0.39 is 17.2 Å². The van der Waals surface area contributed by atoms with Gasteiger partial charge in [0, 0.05) is 30.2 Å². The minimum Gasteiger partial charge on any atom is -0.456 e. The van der Waals surface area contributed by atoms with E-state index in [0.29, 0.717) is 17.1 Å². The molecular formula is C27H24BFN6O3. The third-order valence-corrected chi connectivity index (χ3v) is 6.08. The van der Waals surface area contributed by atoms with Crippen molar-refractivity contribution in [1.82, 2.24) is 24.5 Å². The van der Waals surface area contributed by atoms with Crippen LogP contribution >= 0.6 is 0 Å². The lowest BCUT2D eigenvalue weighted by Gasteiger charge is -2.14. The van der Waals surface area contributed by atoms with E-state index in [2.05, 4.69) is 20.5 Å². The smallest absolute Gasteiger partial charge is 0.281 e. The van der Waals surface area contributed by atoms with Gasteiger partial charge >= 0.3 is 0 Å². The van der Waals surface area contributed by atoms with Gasteiger partial charge in [-0.1, -0.05) is 12.1 Å². The van der Waals surface area contributed by atoms with Crippen LogP contribution in [0.15, 0.2) is 71.9 Å². The molecule has 0 radical (unpaired) electrons. The summed E-state index contributed by atoms with van der Waals surface area (Å²) in [5.41, 5.74) is 1.82. The minimum absolute atomic E-state index is 0.120. The zero-order valence-electron chi connectivity index (χ0n) is 21.3. The Labute approximate surface area is 218 Å². The zero-order valence-corrected chi connectivity index (χ0v) is 21.3. The predicted octanol–water partition coefficient (Wildman–Crippen LogP) is 3.22. The van der Waals surface area contributed by atoms with Gasteiger partial charge in [0.25, 0.3) is 5.91 Å². The highest BCUT2D eigenvalue weighted by Crippen LogP contribution is 2.24. The molecule has 3 aromatic heterocycles. The van der Waals surface area contributed by atoms with Crippen molar-refractivity contribution in [3.63, 3.8) is 0 Å². The summed E-state index contributed by atoms with van der Waals surface area (Å²) in [4.78, 5) is 30.5. The average molecular weight is 510 g/mol. The molecule has 1 amide bonds. The van der Waals surface area contributed by atoms with Gasteiger partial charge in [-0.25, -0.2) is 9.37 Å². The number of hydrogen-bond donors (Lipinski definition) is 1. The second kappa shape index (κ2) is 9.93. The average Bonchev–Trinajstić information content (AvgIpc) is 3.25. The minimum atomic E-state index is -0.701. The van der Waals surface area contributed by atoms with Gasteiger partial charge in [0.2, 0.25) is 5.43 Å². The van der Waals surface area contributed by atoms with Crippen molar-refractivity contribution < 1.29 is 13.9 Å². The Bertz CT molecular complexity index is 1710. The largest absolute Gasteiger partial charge is 0.456 e. The molecular weight excluding hydrogens is 486 g/mol. The molecule has 190 valence electrons. The first-order chi connectivity index (χ1) is 18.2. The van der Waals surface area contributed by atoms with Crippen molar-refractivity contribution in [3.8, 4) is 22.6 Å². The number of halogens is 1. The molecule has 0 aliphatic heterocycles. The Morgan fingerprint density at radius 1 is 1.11 bits per heavy atom. The molecule has 0 fully saturated rings. The second-order valence-corrected chi connectivity index (χ2v) is 9.18. The number of rotatable bonds is 6. The molecule has 0 unspecified atom stereocenters. The van der Waals surface area contributed by atoms with Gasteiger partial charge in [-0.2, -0.15) is 10.2 Å². The van der Waals surface area contributed by atoms with Crippen molar-refractivity contribution in [2.24, 2.45) is 7.05 Å². The summed E-state index contributed by atoms with van der Waals surface area (Å²) in [6.07, 6.45) is 4.81. The van der Waals surface area contributed by atoms with Crippen LogP contribution in [-0.4, -0.2) is 38.3 Å². The monoisotopic (exact) mass is 510 g/mol. The molecule has 1 N–H and O–H groups in total. The van der Waals surface area contributed by atoms with E-state index in [1.54, 1.807) is 29.2 Å². The summed E-state index contributed by atoms with van der Waals surface area (Å²) >= 11 is 0. The first-order valence-corrected chi connectivity index (χ1v) is 12.0. The van der Waals surface area contributed by atoms with Gasteiger partial charge in [0.05, 0.1) is 17.9 Å². The summed E-state index contributed by atoms with van der Waals surface area (Å²) in [6, 6.07) is 12.5. The standard InChI is InChI=1S/C27H24BFN6O3/c1-15(2)35-14-20(16-4-6-18(29)7-5-16)26(36)25(33-35)27(37)32-24-9-8-19(13-30-24)38-23-10-17-12-31-34(3)22(17)11-21(23)28/h4-15H,28H2,1-3H3,(H,30,32,37). The van der Waals surface area contributed by atoms with Crippen molar-refractivity contribution in [2.45, 2.75) is 19.9 Å². The molecule has 11 heteroatoms. The van der Waals surface area contributed by atoms with E-state index in [-0.39, 0.29) is 23.1 Å². The van der Waals surface area contributed by atoms with Crippen LogP contribution in [-0.2, 0) is 7.05 Å². The third kappa shape index (κ3) is 4.90. The van der Waals surface area contributed by atoms with E-state index >= 15 is 0 Å². The van der Waals surface area contributed by atoms with Gasteiger partial charge in [0.15, 0.2) is 5.69 Å². The Morgan fingerprint density at radius 2 is 1.87 bits per heavy atom. The summed E-state index contributed by atoms with van der Waals surface area (Å²) in [6.45, 7) is 3.75. The van der Waals surface area contributed by atoms with Gasteiger partial charge in [0.1, 0.15) is 31.0 Å². The van der Waals surface area contributed by atoms with E-state index in [0.717, 1.165) is 16.4 Å². The number of carbonyl (C=O) groups is 1. The maximum Gasteiger partial charge on any atom is 0.281 e. The van der Waals surface area contributed by atoms with Crippen LogP contribution in [0.2, 0.25) is 0 Å². The number of aryl methyl sites for hydroxylation is 1. The maximum atomic E-state index is 13.4. The molecule has 0 atom stereocenters. The van der Waals surface area contributed by atoms with Gasteiger partial charge in [-0.05, 0) is 61.3 Å². The number of hydrogen-bond acceptors (Lipinski definition) is 6. The Kier molecular flexibility index (Phi) is 6.50. The van der Waals surface area contributed by atoms with Crippen LogP contribution in [0.5, 0.6) is 11.5 Å². The molecule has 0 bridgehead atoms. The highest BCUT2D eigenvalue weighted by atomic mass is 19.1. The highest BCUT2D eigenvalue weighted by molar-refractivity contribution is 6.35. The Morgan fingerprint density at radius 3 is 2.55 bits per heavy atom. The van der Waals surface area contributed by atoms with Crippen molar-refractivity contribution >= 4 is 35.9 Å². The molecule has 0 spiro atoms. The Balaban J connectivity index is 1.38. The fourth-order valence-corrected chi connectivity index (χ4v) is 3.97. The number of nitrogens with one attached hydrogen (secondary N) is 1. The number of anilines is 1. The summed E-state index contributed by atoms with van der Waals surface area (Å²) < 4.78 is 22.7. The summed E-state index contributed by atoms with van der Waals surface area (Å²) in [5.74, 6) is 0.253. The van der Waals surface area contributed by atoms with Crippen molar-refractivity contribution in [2.75, 3.05) is 5.32 Å². The molecule has 0 saturated heterocycles. The van der Waals surface area contributed by atoms with Gasteiger partial charge in [-0.15, -0.1) is 0 Å². The van der Waals surface area contributed by atoms with Crippen LogP contribution in [0.25, 0.3) is 22.0 Å². The number of ether oxygens (including phenoxy) is 1. The van der Waals surface area contributed by atoms with Crippen LogP contribution < -0.4 is 20.9 Å². The number of benzene rings is 2. The normalized spacial score (nSPS) is 11.2. The molecule has 0 aliphatic rings. The number of nitrogens with zero attached hydrogens (tertiary/aromatic N) is 5. The fraction of sp³-hybridized carbons (Fsp3) is 0.148. The summed E-state index contributed by atoms with van der Waals surface area (Å²) in [5, 5.41) is 12.1. The number of fused-ring (bicyclic) bond motifs is 1. The maximum absolute atomic E-state index is 13.4. The van der Waals surface area contributed by atoms with E-state index in [1.807, 2.05) is 40.9 Å². The highest BCUT2D eigenvalue weighted by Gasteiger charge is 2.20. The molecule has 38 heavy (non-hydrogen) atoms.